The molecule has 0 saturated carbocycles. The number of aromatic nitrogens is 2. The third kappa shape index (κ3) is 2.72. The number of hydrogen-bond acceptors (Lipinski definition) is 5. The number of nitrogens with zero attached hydrogens (tertiary/aromatic N) is 3. The molecule has 0 aliphatic carbocycles. The zero-order valence-electron chi connectivity index (χ0n) is 11.4. The largest absolute Gasteiger partial charge is 0.478 e. The van der Waals surface area contributed by atoms with Crippen molar-refractivity contribution in [3.8, 4) is 5.88 Å². The second-order valence-corrected chi connectivity index (χ2v) is 4.92. The molecule has 1 fully saturated rings. The number of rotatable bonds is 4. The van der Waals surface area contributed by atoms with Crippen LogP contribution in [0.2, 0.25) is 0 Å². The molecule has 0 aromatic carbocycles. The van der Waals surface area contributed by atoms with Crippen LogP contribution in [0.3, 0.4) is 0 Å². The van der Waals surface area contributed by atoms with E-state index in [-0.39, 0.29) is 0 Å². The summed E-state index contributed by atoms with van der Waals surface area (Å²) < 4.78 is 5.47. The summed E-state index contributed by atoms with van der Waals surface area (Å²) in [4.78, 5) is 11.2. The summed E-state index contributed by atoms with van der Waals surface area (Å²) in [5, 5.41) is 0. The van der Waals surface area contributed by atoms with Gasteiger partial charge in [0.2, 0.25) is 11.8 Å². The minimum atomic E-state index is 0.440. The quantitative estimate of drug-likeness (QED) is 0.874. The van der Waals surface area contributed by atoms with Crippen molar-refractivity contribution >= 4 is 5.95 Å². The number of anilines is 1. The zero-order chi connectivity index (χ0) is 13.1. The van der Waals surface area contributed by atoms with E-state index in [1.54, 1.807) is 0 Å². The van der Waals surface area contributed by atoms with Gasteiger partial charge in [0.15, 0.2) is 0 Å². The molecule has 100 valence electrons. The van der Waals surface area contributed by atoms with Crippen molar-refractivity contribution in [1.29, 1.82) is 0 Å². The lowest BCUT2D eigenvalue weighted by Crippen LogP contribution is -2.29. The Hall–Kier alpha value is -1.36. The Morgan fingerprint density at radius 2 is 2.28 bits per heavy atom. The van der Waals surface area contributed by atoms with Crippen molar-refractivity contribution in [1.82, 2.24) is 9.97 Å². The van der Waals surface area contributed by atoms with Gasteiger partial charge in [0, 0.05) is 24.3 Å². The number of nitrogens with two attached hydrogens (primary N) is 1. The van der Waals surface area contributed by atoms with Crippen LogP contribution in [-0.4, -0.2) is 35.7 Å². The van der Waals surface area contributed by atoms with E-state index in [1.165, 1.54) is 0 Å². The second-order valence-electron chi connectivity index (χ2n) is 4.92. The average Bonchev–Trinajstić information content (AvgIpc) is 2.70. The summed E-state index contributed by atoms with van der Waals surface area (Å²) in [6.45, 7) is 8.41. The highest BCUT2D eigenvalue weighted by Crippen LogP contribution is 2.27. The fraction of sp³-hybridized carbons (Fsp3) is 0.692. The maximum absolute atomic E-state index is 5.75. The Morgan fingerprint density at radius 3 is 2.89 bits per heavy atom. The highest BCUT2D eigenvalue weighted by molar-refractivity contribution is 5.37. The Kier molecular flexibility index (Phi) is 4.01. The predicted molar refractivity (Wildman–Crippen MR) is 71.9 cm³/mol. The van der Waals surface area contributed by atoms with Crippen molar-refractivity contribution in [2.45, 2.75) is 33.2 Å². The van der Waals surface area contributed by atoms with E-state index in [0.717, 1.165) is 31.2 Å². The van der Waals surface area contributed by atoms with Gasteiger partial charge in [-0.25, -0.2) is 4.98 Å². The first-order chi connectivity index (χ1) is 8.63. The molecule has 5 nitrogen and oxygen atoms in total. The molecule has 0 amide bonds. The minimum Gasteiger partial charge on any atom is -0.478 e. The van der Waals surface area contributed by atoms with Gasteiger partial charge in [-0.15, -0.1) is 0 Å². The summed E-state index contributed by atoms with van der Waals surface area (Å²) in [7, 11) is 0. The topological polar surface area (TPSA) is 64.3 Å². The molecule has 1 aromatic heterocycles. The van der Waals surface area contributed by atoms with Crippen LogP contribution in [0.1, 0.15) is 26.0 Å². The molecule has 0 radical (unpaired) electrons. The fourth-order valence-corrected chi connectivity index (χ4v) is 2.47. The molecule has 5 heteroatoms. The normalized spacial score (nSPS) is 23.4. The van der Waals surface area contributed by atoms with E-state index < -0.39 is 0 Å². The number of hydrogen-bond donors (Lipinski definition) is 1. The van der Waals surface area contributed by atoms with Gasteiger partial charge in [0.05, 0.1) is 6.61 Å². The Morgan fingerprint density at radius 1 is 1.50 bits per heavy atom. The summed E-state index contributed by atoms with van der Waals surface area (Å²) in [6, 6.07) is 2.31. The third-order valence-corrected chi connectivity index (χ3v) is 3.36. The summed E-state index contributed by atoms with van der Waals surface area (Å²) in [5.41, 5.74) is 6.69. The number of aryl methyl sites for hydroxylation is 1. The maximum atomic E-state index is 5.75. The Labute approximate surface area is 108 Å². The van der Waals surface area contributed by atoms with Crippen LogP contribution in [-0.2, 0) is 0 Å². The van der Waals surface area contributed by atoms with Crippen LogP contribution in [0.15, 0.2) is 6.07 Å². The fourth-order valence-electron chi connectivity index (χ4n) is 2.47. The van der Waals surface area contributed by atoms with Gasteiger partial charge in [0.1, 0.15) is 0 Å². The van der Waals surface area contributed by atoms with Gasteiger partial charge in [0.25, 0.3) is 0 Å². The van der Waals surface area contributed by atoms with E-state index in [4.69, 9.17) is 10.5 Å². The molecule has 1 aliphatic heterocycles. The molecule has 2 unspecified atom stereocenters. The van der Waals surface area contributed by atoms with Crippen molar-refractivity contribution in [3.63, 3.8) is 0 Å². The highest BCUT2D eigenvalue weighted by atomic mass is 16.5. The lowest BCUT2D eigenvalue weighted by atomic mass is 10.1. The summed E-state index contributed by atoms with van der Waals surface area (Å²) in [5.74, 6) is 1.96. The first-order valence-corrected chi connectivity index (χ1v) is 6.59. The van der Waals surface area contributed by atoms with Gasteiger partial charge in [-0.2, -0.15) is 4.98 Å². The van der Waals surface area contributed by atoms with Gasteiger partial charge in [-0.3, -0.25) is 0 Å². The van der Waals surface area contributed by atoms with Gasteiger partial charge in [-0.1, -0.05) is 0 Å². The van der Waals surface area contributed by atoms with Gasteiger partial charge in [-0.05, 0) is 39.7 Å². The maximum Gasteiger partial charge on any atom is 0.229 e. The SMILES string of the molecule is CCOc1cc(C)nc(N2CC(CN)CC2C)n1. The van der Waals surface area contributed by atoms with Crippen LogP contribution in [0.4, 0.5) is 5.95 Å². The lowest BCUT2D eigenvalue weighted by Gasteiger charge is -2.22. The van der Waals surface area contributed by atoms with Crippen LogP contribution in [0.5, 0.6) is 5.88 Å². The standard InChI is InChI=1S/C13H22N4O/c1-4-18-12-5-9(2)15-13(16-12)17-8-11(7-14)6-10(17)3/h5,10-11H,4,6-8,14H2,1-3H3. The van der Waals surface area contributed by atoms with Crippen LogP contribution in [0, 0.1) is 12.8 Å². The van der Waals surface area contributed by atoms with Crippen molar-refractivity contribution in [2.75, 3.05) is 24.6 Å². The van der Waals surface area contributed by atoms with Crippen molar-refractivity contribution in [3.05, 3.63) is 11.8 Å². The molecule has 18 heavy (non-hydrogen) atoms. The molecule has 2 heterocycles. The molecule has 1 saturated heterocycles. The molecule has 1 aromatic rings. The second kappa shape index (κ2) is 5.52. The highest BCUT2D eigenvalue weighted by Gasteiger charge is 2.30. The molecule has 2 N–H and O–H groups in total. The van der Waals surface area contributed by atoms with E-state index in [2.05, 4.69) is 21.8 Å². The molecular weight excluding hydrogens is 228 g/mol. The molecule has 2 rings (SSSR count). The molecule has 0 spiro atoms. The van der Waals surface area contributed by atoms with E-state index in [0.29, 0.717) is 24.4 Å². The van der Waals surface area contributed by atoms with Crippen molar-refractivity contribution < 1.29 is 4.74 Å². The van der Waals surface area contributed by atoms with Gasteiger partial charge < -0.3 is 15.4 Å². The third-order valence-electron chi connectivity index (χ3n) is 3.36. The monoisotopic (exact) mass is 250 g/mol. The zero-order valence-corrected chi connectivity index (χ0v) is 11.4. The van der Waals surface area contributed by atoms with E-state index in [9.17, 15) is 0 Å². The first kappa shape index (κ1) is 13.1. The molecule has 1 aliphatic rings. The minimum absolute atomic E-state index is 0.440. The van der Waals surface area contributed by atoms with Crippen LogP contribution in [0.25, 0.3) is 0 Å². The molecule has 2 atom stereocenters. The Bertz CT molecular complexity index is 410. The summed E-state index contributed by atoms with van der Waals surface area (Å²) in [6.07, 6.45) is 1.11. The van der Waals surface area contributed by atoms with E-state index in [1.807, 2.05) is 19.9 Å². The average molecular weight is 250 g/mol. The Balaban J connectivity index is 2.22. The van der Waals surface area contributed by atoms with Crippen molar-refractivity contribution in [2.24, 2.45) is 11.7 Å². The van der Waals surface area contributed by atoms with Crippen LogP contribution < -0.4 is 15.4 Å². The van der Waals surface area contributed by atoms with Crippen LogP contribution >= 0.6 is 0 Å². The smallest absolute Gasteiger partial charge is 0.229 e. The predicted octanol–water partition coefficient (Wildman–Crippen LogP) is 1.36. The number of ether oxygens (including phenoxy) is 1. The lowest BCUT2D eigenvalue weighted by molar-refractivity contribution is 0.326. The first-order valence-electron chi connectivity index (χ1n) is 6.59. The van der Waals surface area contributed by atoms with E-state index >= 15 is 0 Å². The molecular formula is C13H22N4O. The molecule has 0 bridgehead atoms. The van der Waals surface area contributed by atoms with Gasteiger partial charge >= 0.3 is 0 Å². The summed E-state index contributed by atoms with van der Waals surface area (Å²) >= 11 is 0.